The monoisotopic (exact) mass is 374 g/mol. The van der Waals surface area contributed by atoms with Crippen LogP contribution in [0.3, 0.4) is 0 Å². The third kappa shape index (κ3) is 4.40. The zero-order valence-electron chi connectivity index (χ0n) is 13.4. The molecule has 6 nitrogen and oxygen atoms in total. The van der Waals surface area contributed by atoms with Crippen LogP contribution < -0.4 is 5.32 Å². The van der Waals surface area contributed by atoms with E-state index in [1.165, 1.54) is 0 Å². The molecule has 2 saturated heterocycles. The van der Waals surface area contributed by atoms with E-state index < -0.39 is 9.84 Å². The second kappa shape index (κ2) is 8.18. The minimum absolute atomic E-state index is 0. The van der Waals surface area contributed by atoms with Crippen molar-refractivity contribution < 1.29 is 17.9 Å². The average molecular weight is 375 g/mol. The van der Waals surface area contributed by atoms with Crippen LogP contribution in [0, 0.1) is 0 Å². The first-order valence-electron chi connectivity index (χ1n) is 7.97. The van der Waals surface area contributed by atoms with Gasteiger partial charge in [0.05, 0.1) is 11.0 Å². The number of sulfone groups is 1. The van der Waals surface area contributed by atoms with Crippen LogP contribution in [0.5, 0.6) is 0 Å². The smallest absolute Gasteiger partial charge is 0.410 e. The second-order valence-electron chi connectivity index (χ2n) is 6.07. The molecule has 0 saturated carbocycles. The molecule has 2 fully saturated rings. The van der Waals surface area contributed by atoms with Crippen LogP contribution in [0.1, 0.15) is 18.4 Å². The van der Waals surface area contributed by atoms with Crippen LogP contribution >= 0.6 is 12.4 Å². The molecule has 2 atom stereocenters. The highest BCUT2D eigenvalue weighted by Crippen LogP contribution is 2.22. The highest BCUT2D eigenvalue weighted by molar-refractivity contribution is 7.92. The number of rotatable bonds is 2. The summed E-state index contributed by atoms with van der Waals surface area (Å²) in [4.78, 5) is 13.8. The SMILES string of the molecule is Cl.O=C(OCc1ccccc1)N1CC[C@@H]2NCCS(=O)(=O)[C@@H]2CC1. The number of amides is 1. The normalized spacial score (nSPS) is 25.8. The number of fused-ring (bicyclic) bond motifs is 1. The summed E-state index contributed by atoms with van der Waals surface area (Å²) in [6.45, 7) is 1.69. The van der Waals surface area contributed by atoms with Gasteiger partial charge in [0, 0.05) is 25.7 Å². The topological polar surface area (TPSA) is 75.7 Å². The van der Waals surface area contributed by atoms with Gasteiger partial charge in [0.25, 0.3) is 0 Å². The fourth-order valence-electron chi connectivity index (χ4n) is 3.27. The highest BCUT2D eigenvalue weighted by atomic mass is 35.5. The van der Waals surface area contributed by atoms with E-state index in [-0.39, 0.29) is 42.2 Å². The van der Waals surface area contributed by atoms with Crippen molar-refractivity contribution in [3.8, 4) is 0 Å². The summed E-state index contributed by atoms with van der Waals surface area (Å²) < 4.78 is 29.7. The number of hydrogen-bond acceptors (Lipinski definition) is 5. The van der Waals surface area contributed by atoms with Crippen LogP contribution in [-0.2, 0) is 21.2 Å². The van der Waals surface area contributed by atoms with Gasteiger partial charge in [-0.15, -0.1) is 12.4 Å². The average Bonchev–Trinajstić information content (AvgIpc) is 2.77. The largest absolute Gasteiger partial charge is 0.445 e. The molecule has 8 heteroatoms. The van der Waals surface area contributed by atoms with Gasteiger partial charge in [-0.1, -0.05) is 30.3 Å². The number of nitrogens with zero attached hydrogens (tertiary/aromatic N) is 1. The molecule has 0 spiro atoms. The molecule has 3 rings (SSSR count). The Morgan fingerprint density at radius 3 is 2.67 bits per heavy atom. The lowest BCUT2D eigenvalue weighted by Gasteiger charge is -2.30. The molecule has 2 aliphatic heterocycles. The van der Waals surface area contributed by atoms with Gasteiger partial charge < -0.3 is 15.0 Å². The molecule has 2 heterocycles. The molecule has 24 heavy (non-hydrogen) atoms. The number of likely N-dealkylation sites (tertiary alicyclic amines) is 1. The van der Waals surface area contributed by atoms with Crippen molar-refractivity contribution in [3.05, 3.63) is 35.9 Å². The van der Waals surface area contributed by atoms with E-state index in [0.29, 0.717) is 32.5 Å². The Morgan fingerprint density at radius 2 is 1.92 bits per heavy atom. The lowest BCUT2D eigenvalue weighted by Crippen LogP contribution is -2.52. The fourth-order valence-corrected chi connectivity index (χ4v) is 5.17. The van der Waals surface area contributed by atoms with Crippen molar-refractivity contribution in [2.24, 2.45) is 0 Å². The van der Waals surface area contributed by atoms with Crippen molar-refractivity contribution >= 4 is 28.3 Å². The number of ether oxygens (including phenoxy) is 1. The number of carbonyl (C=O) groups excluding carboxylic acids is 1. The van der Waals surface area contributed by atoms with E-state index in [0.717, 1.165) is 5.56 Å². The first-order valence-corrected chi connectivity index (χ1v) is 9.68. The standard InChI is InChI=1S/C16H22N2O4S.ClH/c19-16(22-12-13-4-2-1-3-5-13)18-9-6-14-15(7-10-18)23(20,21)11-8-17-14;/h1-5,14-15,17H,6-12H2;1H/t14-,15+;/m0./s1. The molecule has 0 aromatic heterocycles. The fraction of sp³-hybridized carbons (Fsp3) is 0.562. The van der Waals surface area contributed by atoms with Crippen molar-refractivity contribution in [2.45, 2.75) is 30.7 Å². The maximum absolute atomic E-state index is 12.2. The van der Waals surface area contributed by atoms with Crippen LogP contribution in [0.2, 0.25) is 0 Å². The van der Waals surface area contributed by atoms with Crippen LogP contribution in [0.25, 0.3) is 0 Å². The molecular formula is C16H23ClN2O4S. The lowest BCUT2D eigenvalue weighted by atomic mass is 10.1. The highest BCUT2D eigenvalue weighted by Gasteiger charge is 2.39. The maximum atomic E-state index is 12.2. The van der Waals surface area contributed by atoms with Gasteiger partial charge in [-0.05, 0) is 18.4 Å². The zero-order chi connectivity index (χ0) is 16.3. The first-order chi connectivity index (χ1) is 11.1. The van der Waals surface area contributed by atoms with Crippen molar-refractivity contribution in [3.63, 3.8) is 0 Å². The summed E-state index contributed by atoms with van der Waals surface area (Å²) in [5.41, 5.74) is 0.939. The Morgan fingerprint density at radius 1 is 1.21 bits per heavy atom. The first kappa shape index (κ1) is 19.0. The third-order valence-electron chi connectivity index (χ3n) is 4.56. The predicted molar refractivity (Wildman–Crippen MR) is 94.0 cm³/mol. The van der Waals surface area contributed by atoms with Gasteiger partial charge in [0.15, 0.2) is 9.84 Å². The Hall–Kier alpha value is -1.31. The summed E-state index contributed by atoms with van der Waals surface area (Å²) >= 11 is 0. The van der Waals surface area contributed by atoms with Gasteiger partial charge in [-0.25, -0.2) is 13.2 Å². The van der Waals surface area contributed by atoms with E-state index in [1.807, 2.05) is 30.3 Å². The van der Waals surface area contributed by atoms with Crippen molar-refractivity contribution in [1.82, 2.24) is 10.2 Å². The second-order valence-corrected chi connectivity index (χ2v) is 8.41. The number of nitrogens with one attached hydrogen (secondary N) is 1. The predicted octanol–water partition coefficient (Wildman–Crippen LogP) is 1.60. The van der Waals surface area contributed by atoms with Crippen LogP contribution in [0.4, 0.5) is 4.79 Å². The van der Waals surface area contributed by atoms with E-state index in [4.69, 9.17) is 4.74 Å². The quantitative estimate of drug-likeness (QED) is 0.850. The number of hydrogen-bond donors (Lipinski definition) is 1. The molecule has 0 aliphatic carbocycles. The molecule has 1 aromatic rings. The molecule has 1 amide bonds. The Labute approximate surface area is 148 Å². The van der Waals surface area contributed by atoms with Gasteiger partial charge in [0.1, 0.15) is 6.61 Å². The molecule has 2 aliphatic rings. The van der Waals surface area contributed by atoms with Crippen molar-refractivity contribution in [1.29, 1.82) is 0 Å². The van der Waals surface area contributed by atoms with Gasteiger partial charge in [0.2, 0.25) is 0 Å². The Bertz CT molecular complexity index is 653. The molecule has 134 valence electrons. The van der Waals surface area contributed by atoms with Crippen LogP contribution in [0.15, 0.2) is 30.3 Å². The Balaban J connectivity index is 0.00000208. The van der Waals surface area contributed by atoms with Crippen LogP contribution in [-0.4, -0.2) is 56.1 Å². The summed E-state index contributed by atoms with van der Waals surface area (Å²) in [5.74, 6) is 0.187. The minimum Gasteiger partial charge on any atom is -0.445 e. The molecule has 1 aromatic carbocycles. The van der Waals surface area contributed by atoms with E-state index in [9.17, 15) is 13.2 Å². The summed E-state index contributed by atoms with van der Waals surface area (Å²) in [6, 6.07) is 9.46. The van der Waals surface area contributed by atoms with Gasteiger partial charge in [-0.2, -0.15) is 0 Å². The minimum atomic E-state index is -3.05. The van der Waals surface area contributed by atoms with E-state index >= 15 is 0 Å². The molecular weight excluding hydrogens is 352 g/mol. The molecule has 0 unspecified atom stereocenters. The van der Waals surface area contributed by atoms with Gasteiger partial charge in [-0.3, -0.25) is 0 Å². The molecule has 0 bridgehead atoms. The van der Waals surface area contributed by atoms with E-state index in [2.05, 4.69) is 5.32 Å². The number of carbonyl (C=O) groups is 1. The molecule has 0 radical (unpaired) electrons. The zero-order valence-corrected chi connectivity index (χ0v) is 15.0. The Kier molecular flexibility index (Phi) is 6.48. The maximum Gasteiger partial charge on any atom is 0.410 e. The lowest BCUT2D eigenvalue weighted by molar-refractivity contribution is 0.0972. The third-order valence-corrected chi connectivity index (χ3v) is 6.82. The molecule has 1 N–H and O–H groups in total. The number of benzene rings is 1. The van der Waals surface area contributed by atoms with Crippen molar-refractivity contribution in [2.75, 3.05) is 25.4 Å². The summed E-state index contributed by atoms with van der Waals surface area (Å²) in [7, 11) is -3.05. The number of halogens is 1. The van der Waals surface area contributed by atoms with E-state index in [1.54, 1.807) is 4.90 Å². The summed E-state index contributed by atoms with van der Waals surface area (Å²) in [5, 5.41) is 2.89. The van der Waals surface area contributed by atoms with Gasteiger partial charge >= 0.3 is 6.09 Å². The summed E-state index contributed by atoms with van der Waals surface area (Å²) in [6.07, 6.45) is 0.745.